The molecule has 1 atom stereocenters. The van der Waals surface area contributed by atoms with E-state index in [0.29, 0.717) is 30.3 Å². The second-order valence-corrected chi connectivity index (χ2v) is 7.48. The quantitative estimate of drug-likeness (QED) is 0.796. The van der Waals surface area contributed by atoms with Gasteiger partial charge in [0, 0.05) is 24.0 Å². The summed E-state index contributed by atoms with van der Waals surface area (Å²) in [5.41, 5.74) is 1.39. The number of hydrogen-bond acceptors (Lipinski definition) is 3. The molecule has 0 radical (unpaired) electrons. The molecule has 1 aliphatic heterocycles. The van der Waals surface area contributed by atoms with Gasteiger partial charge in [0.05, 0.1) is 17.6 Å². The first-order chi connectivity index (χ1) is 9.36. The average molecular weight is 338 g/mol. The molecule has 2 rings (SSSR count). The van der Waals surface area contributed by atoms with Gasteiger partial charge in [-0.25, -0.2) is 8.42 Å². The van der Waals surface area contributed by atoms with E-state index in [1.807, 2.05) is 6.92 Å². The molecule has 1 saturated heterocycles. The minimum absolute atomic E-state index is 0.106. The molecule has 1 aliphatic rings. The summed E-state index contributed by atoms with van der Waals surface area (Å²) in [5, 5.41) is 0.381. The molecule has 7 heteroatoms. The van der Waals surface area contributed by atoms with Crippen molar-refractivity contribution >= 4 is 33.2 Å². The smallest absolute Gasteiger partial charge is 0.243 e. The molecule has 1 fully saturated rings. The number of alkyl halides is 1. The first kappa shape index (κ1) is 16.0. The predicted molar refractivity (Wildman–Crippen MR) is 79.9 cm³/mol. The fourth-order valence-corrected chi connectivity index (χ4v) is 4.63. The molecule has 1 heterocycles. The van der Waals surface area contributed by atoms with Crippen LogP contribution in [0, 0.1) is 6.92 Å². The summed E-state index contributed by atoms with van der Waals surface area (Å²) in [4.78, 5) is 0.231. The number of ether oxygens (including phenoxy) is 1. The Morgan fingerprint density at radius 2 is 2.15 bits per heavy atom. The highest BCUT2D eigenvalue weighted by atomic mass is 35.5. The minimum Gasteiger partial charge on any atom is -0.376 e. The van der Waals surface area contributed by atoms with Crippen LogP contribution in [0.25, 0.3) is 0 Å². The van der Waals surface area contributed by atoms with Crippen LogP contribution in [-0.2, 0) is 20.6 Å². The van der Waals surface area contributed by atoms with E-state index in [1.165, 1.54) is 10.4 Å². The number of sulfonamides is 1. The van der Waals surface area contributed by atoms with Crippen LogP contribution in [0.15, 0.2) is 17.0 Å². The third kappa shape index (κ3) is 3.12. The molecule has 0 bridgehead atoms. The SMILES string of the molecule is Cc1c(CCl)cc(Cl)cc1S(=O)(=O)N1CCOC(C)C1. The fraction of sp³-hybridized carbons (Fsp3) is 0.538. The Labute approximate surface area is 129 Å². The highest BCUT2D eigenvalue weighted by Gasteiger charge is 2.31. The van der Waals surface area contributed by atoms with Gasteiger partial charge >= 0.3 is 0 Å². The zero-order chi connectivity index (χ0) is 14.9. The maximum Gasteiger partial charge on any atom is 0.243 e. The molecule has 20 heavy (non-hydrogen) atoms. The Morgan fingerprint density at radius 3 is 2.75 bits per heavy atom. The molecule has 1 unspecified atom stereocenters. The first-order valence-electron chi connectivity index (χ1n) is 6.33. The summed E-state index contributed by atoms with van der Waals surface area (Å²) in [6.07, 6.45) is -0.106. The molecule has 112 valence electrons. The average Bonchev–Trinajstić information content (AvgIpc) is 2.40. The van der Waals surface area contributed by atoms with Crippen molar-refractivity contribution in [2.24, 2.45) is 0 Å². The predicted octanol–water partition coefficient (Wildman–Crippen LogP) is 2.80. The van der Waals surface area contributed by atoms with Crippen LogP contribution < -0.4 is 0 Å². The van der Waals surface area contributed by atoms with Gasteiger partial charge in [-0.05, 0) is 37.1 Å². The summed E-state index contributed by atoms with van der Waals surface area (Å²) < 4.78 is 32.3. The van der Waals surface area contributed by atoms with E-state index >= 15 is 0 Å². The molecule has 0 aliphatic carbocycles. The van der Waals surface area contributed by atoms with Crippen molar-refractivity contribution in [1.29, 1.82) is 0 Å². The molecule has 0 aromatic heterocycles. The molecular formula is C13H17Cl2NO3S. The minimum atomic E-state index is -3.57. The van der Waals surface area contributed by atoms with Gasteiger partial charge in [0.25, 0.3) is 0 Å². The van der Waals surface area contributed by atoms with E-state index in [2.05, 4.69) is 0 Å². The van der Waals surface area contributed by atoms with Gasteiger partial charge in [-0.1, -0.05) is 11.6 Å². The highest BCUT2D eigenvalue weighted by molar-refractivity contribution is 7.89. The second kappa shape index (κ2) is 6.20. The lowest BCUT2D eigenvalue weighted by Crippen LogP contribution is -2.44. The van der Waals surface area contributed by atoms with Crippen molar-refractivity contribution in [3.8, 4) is 0 Å². The van der Waals surface area contributed by atoms with Crippen molar-refractivity contribution in [2.45, 2.75) is 30.7 Å². The topological polar surface area (TPSA) is 46.6 Å². The van der Waals surface area contributed by atoms with Crippen molar-refractivity contribution in [3.05, 3.63) is 28.3 Å². The third-order valence-electron chi connectivity index (χ3n) is 3.40. The van der Waals surface area contributed by atoms with Crippen LogP contribution in [0.3, 0.4) is 0 Å². The van der Waals surface area contributed by atoms with Crippen LogP contribution in [0.4, 0.5) is 0 Å². The Kier molecular flexibility index (Phi) is 4.97. The van der Waals surface area contributed by atoms with E-state index in [1.54, 1.807) is 13.0 Å². The largest absolute Gasteiger partial charge is 0.376 e. The van der Waals surface area contributed by atoms with Gasteiger partial charge in [-0.2, -0.15) is 4.31 Å². The summed E-state index contributed by atoms with van der Waals surface area (Å²) in [5.74, 6) is 0.231. The van der Waals surface area contributed by atoms with Crippen LogP contribution in [-0.4, -0.2) is 38.5 Å². The second-order valence-electron chi connectivity index (χ2n) is 4.87. The summed E-state index contributed by atoms with van der Waals surface area (Å²) in [7, 11) is -3.57. The lowest BCUT2D eigenvalue weighted by Gasteiger charge is -2.31. The Balaban J connectivity index is 2.46. The van der Waals surface area contributed by atoms with Crippen LogP contribution in [0.1, 0.15) is 18.1 Å². The number of rotatable bonds is 3. The number of benzene rings is 1. The van der Waals surface area contributed by atoms with E-state index in [9.17, 15) is 8.42 Å². The first-order valence-corrected chi connectivity index (χ1v) is 8.68. The molecule has 0 spiro atoms. The lowest BCUT2D eigenvalue weighted by molar-refractivity contribution is 0.0102. The zero-order valence-electron chi connectivity index (χ0n) is 11.4. The van der Waals surface area contributed by atoms with Crippen molar-refractivity contribution < 1.29 is 13.2 Å². The van der Waals surface area contributed by atoms with Gasteiger partial charge in [0.2, 0.25) is 10.0 Å². The molecule has 1 aromatic rings. The molecular weight excluding hydrogens is 321 g/mol. The van der Waals surface area contributed by atoms with Gasteiger partial charge in [0.1, 0.15) is 0 Å². The van der Waals surface area contributed by atoms with E-state index in [0.717, 1.165) is 5.56 Å². The monoisotopic (exact) mass is 337 g/mol. The summed E-state index contributed by atoms with van der Waals surface area (Å²) >= 11 is 11.9. The zero-order valence-corrected chi connectivity index (χ0v) is 13.7. The Hall–Kier alpha value is -0.330. The molecule has 1 aromatic carbocycles. The maximum absolute atomic E-state index is 12.7. The van der Waals surface area contributed by atoms with Crippen molar-refractivity contribution in [3.63, 3.8) is 0 Å². The standard InChI is InChI=1S/C13H17Cl2NO3S/c1-9-8-16(3-4-19-9)20(17,18)13-6-12(15)5-11(7-14)10(13)2/h5-6,9H,3-4,7-8H2,1-2H3. The van der Waals surface area contributed by atoms with Crippen molar-refractivity contribution in [1.82, 2.24) is 4.31 Å². The van der Waals surface area contributed by atoms with Crippen LogP contribution in [0.5, 0.6) is 0 Å². The summed E-state index contributed by atoms with van der Waals surface area (Å²) in [6, 6.07) is 3.19. The molecule has 4 nitrogen and oxygen atoms in total. The Morgan fingerprint density at radius 1 is 1.45 bits per heavy atom. The van der Waals surface area contributed by atoms with E-state index in [4.69, 9.17) is 27.9 Å². The lowest BCUT2D eigenvalue weighted by atomic mass is 10.1. The number of hydrogen-bond donors (Lipinski definition) is 0. The number of morpholine rings is 1. The van der Waals surface area contributed by atoms with E-state index < -0.39 is 10.0 Å². The van der Waals surface area contributed by atoms with Gasteiger partial charge in [-0.15, -0.1) is 11.6 Å². The van der Waals surface area contributed by atoms with Gasteiger partial charge in [0.15, 0.2) is 0 Å². The fourth-order valence-electron chi connectivity index (χ4n) is 2.26. The summed E-state index contributed by atoms with van der Waals surface area (Å²) in [6.45, 7) is 4.73. The number of halogens is 2. The van der Waals surface area contributed by atoms with Crippen LogP contribution in [0.2, 0.25) is 5.02 Å². The third-order valence-corrected chi connectivity index (χ3v) is 5.90. The number of nitrogens with zero attached hydrogens (tertiary/aromatic N) is 1. The Bertz CT molecular complexity index is 604. The van der Waals surface area contributed by atoms with Gasteiger partial charge in [-0.3, -0.25) is 0 Å². The molecule has 0 amide bonds. The van der Waals surface area contributed by atoms with E-state index in [-0.39, 0.29) is 16.9 Å². The van der Waals surface area contributed by atoms with Crippen molar-refractivity contribution in [2.75, 3.05) is 19.7 Å². The van der Waals surface area contributed by atoms with Crippen LogP contribution >= 0.6 is 23.2 Å². The maximum atomic E-state index is 12.7. The molecule has 0 N–H and O–H groups in total. The molecule has 0 saturated carbocycles. The van der Waals surface area contributed by atoms with Gasteiger partial charge < -0.3 is 4.74 Å². The normalized spacial score (nSPS) is 21.1. The highest BCUT2D eigenvalue weighted by Crippen LogP contribution is 2.28.